The molecule has 100 valence electrons. The second-order valence-electron chi connectivity index (χ2n) is 4.32. The van der Waals surface area contributed by atoms with Gasteiger partial charge in [0, 0.05) is 18.8 Å². The lowest BCUT2D eigenvalue weighted by Crippen LogP contribution is -2.01. The minimum Gasteiger partial charge on any atom is -0.457 e. The largest absolute Gasteiger partial charge is 0.457 e. The van der Waals surface area contributed by atoms with Gasteiger partial charge in [0.2, 0.25) is 0 Å². The SMILES string of the molecule is CCCNc1cc(Oc2ccc(F)cc2C)ccn1. The Balaban J connectivity index is 2.14. The van der Waals surface area contributed by atoms with Crippen molar-refractivity contribution in [3.8, 4) is 11.5 Å². The van der Waals surface area contributed by atoms with Gasteiger partial charge in [-0.3, -0.25) is 0 Å². The Bertz CT molecular complexity index is 558. The molecule has 0 saturated carbocycles. The molecule has 1 heterocycles. The van der Waals surface area contributed by atoms with E-state index in [9.17, 15) is 4.39 Å². The van der Waals surface area contributed by atoms with Crippen molar-refractivity contribution in [2.75, 3.05) is 11.9 Å². The van der Waals surface area contributed by atoms with Crippen LogP contribution in [0.4, 0.5) is 10.2 Å². The Morgan fingerprint density at radius 2 is 2.11 bits per heavy atom. The van der Waals surface area contributed by atoms with E-state index in [1.807, 2.05) is 13.0 Å². The quantitative estimate of drug-likeness (QED) is 0.877. The molecule has 0 fully saturated rings. The lowest BCUT2D eigenvalue weighted by molar-refractivity contribution is 0.476. The molecule has 0 radical (unpaired) electrons. The minimum absolute atomic E-state index is 0.259. The van der Waals surface area contributed by atoms with Gasteiger partial charge in [0.15, 0.2) is 0 Å². The number of aryl methyl sites for hydroxylation is 1. The molecule has 2 aromatic rings. The standard InChI is InChI=1S/C15H17FN2O/c1-3-7-17-15-10-13(6-8-18-15)19-14-5-4-12(16)9-11(14)2/h4-6,8-10H,3,7H2,1-2H3,(H,17,18). The number of halogens is 1. The molecule has 4 heteroatoms. The zero-order valence-electron chi connectivity index (χ0n) is 11.1. The predicted molar refractivity (Wildman–Crippen MR) is 74.2 cm³/mol. The van der Waals surface area contributed by atoms with Gasteiger partial charge in [-0.05, 0) is 43.2 Å². The Hall–Kier alpha value is -2.10. The number of ether oxygens (including phenoxy) is 1. The van der Waals surface area contributed by atoms with Crippen molar-refractivity contribution in [3.63, 3.8) is 0 Å². The number of hydrogen-bond acceptors (Lipinski definition) is 3. The molecule has 1 aromatic carbocycles. The number of nitrogens with zero attached hydrogens (tertiary/aromatic N) is 1. The summed E-state index contributed by atoms with van der Waals surface area (Å²) in [6, 6.07) is 8.08. The first kappa shape index (κ1) is 13.3. The molecular weight excluding hydrogens is 243 g/mol. The van der Waals surface area contributed by atoms with E-state index in [2.05, 4.69) is 17.2 Å². The number of anilines is 1. The van der Waals surface area contributed by atoms with Gasteiger partial charge in [0.05, 0.1) is 0 Å². The Morgan fingerprint density at radius 1 is 1.26 bits per heavy atom. The summed E-state index contributed by atoms with van der Waals surface area (Å²) in [7, 11) is 0. The Morgan fingerprint density at radius 3 is 2.84 bits per heavy atom. The van der Waals surface area contributed by atoms with Crippen LogP contribution in [-0.2, 0) is 0 Å². The lowest BCUT2D eigenvalue weighted by atomic mass is 10.2. The molecule has 0 amide bonds. The van der Waals surface area contributed by atoms with Crippen molar-refractivity contribution in [1.29, 1.82) is 0 Å². The summed E-state index contributed by atoms with van der Waals surface area (Å²) < 4.78 is 18.8. The fourth-order valence-corrected chi connectivity index (χ4v) is 1.68. The fourth-order valence-electron chi connectivity index (χ4n) is 1.68. The maximum absolute atomic E-state index is 13.0. The van der Waals surface area contributed by atoms with Gasteiger partial charge in [-0.15, -0.1) is 0 Å². The summed E-state index contributed by atoms with van der Waals surface area (Å²) in [6.45, 7) is 4.77. The second-order valence-corrected chi connectivity index (χ2v) is 4.32. The molecule has 0 saturated heterocycles. The second kappa shape index (κ2) is 6.18. The van der Waals surface area contributed by atoms with Crippen LogP contribution in [0.3, 0.4) is 0 Å². The molecule has 0 unspecified atom stereocenters. The van der Waals surface area contributed by atoms with Gasteiger partial charge in [-0.2, -0.15) is 0 Å². The summed E-state index contributed by atoms with van der Waals surface area (Å²) in [6.07, 6.45) is 2.72. The van der Waals surface area contributed by atoms with Crippen molar-refractivity contribution in [1.82, 2.24) is 4.98 Å². The Kier molecular flexibility index (Phi) is 4.34. The summed E-state index contributed by atoms with van der Waals surface area (Å²) in [5.74, 6) is 1.85. The highest BCUT2D eigenvalue weighted by Crippen LogP contribution is 2.26. The summed E-state index contributed by atoms with van der Waals surface area (Å²) in [4.78, 5) is 4.20. The van der Waals surface area contributed by atoms with E-state index >= 15 is 0 Å². The van der Waals surface area contributed by atoms with Crippen LogP contribution < -0.4 is 10.1 Å². The monoisotopic (exact) mass is 260 g/mol. The zero-order chi connectivity index (χ0) is 13.7. The van der Waals surface area contributed by atoms with E-state index in [4.69, 9.17) is 4.74 Å². The molecule has 0 atom stereocenters. The number of nitrogens with one attached hydrogen (secondary N) is 1. The topological polar surface area (TPSA) is 34.1 Å². The van der Waals surface area contributed by atoms with Gasteiger partial charge in [-0.25, -0.2) is 9.37 Å². The van der Waals surface area contributed by atoms with E-state index in [0.29, 0.717) is 11.5 Å². The number of benzene rings is 1. The number of aromatic nitrogens is 1. The molecular formula is C15H17FN2O. The fraction of sp³-hybridized carbons (Fsp3) is 0.267. The first-order valence-corrected chi connectivity index (χ1v) is 6.33. The first-order valence-electron chi connectivity index (χ1n) is 6.33. The molecule has 2 rings (SSSR count). The van der Waals surface area contributed by atoms with Crippen molar-refractivity contribution in [2.45, 2.75) is 20.3 Å². The molecule has 19 heavy (non-hydrogen) atoms. The van der Waals surface area contributed by atoms with Crippen molar-refractivity contribution in [3.05, 3.63) is 47.9 Å². The van der Waals surface area contributed by atoms with Crippen LogP contribution in [0.5, 0.6) is 11.5 Å². The molecule has 0 spiro atoms. The van der Waals surface area contributed by atoms with E-state index < -0.39 is 0 Å². The predicted octanol–water partition coefficient (Wildman–Crippen LogP) is 4.14. The summed E-state index contributed by atoms with van der Waals surface area (Å²) in [5, 5.41) is 3.19. The highest BCUT2D eigenvalue weighted by molar-refractivity contribution is 5.43. The van der Waals surface area contributed by atoms with E-state index in [0.717, 1.165) is 24.3 Å². The highest BCUT2D eigenvalue weighted by atomic mass is 19.1. The van der Waals surface area contributed by atoms with Crippen LogP contribution in [0, 0.1) is 12.7 Å². The smallest absolute Gasteiger partial charge is 0.132 e. The average molecular weight is 260 g/mol. The number of hydrogen-bond donors (Lipinski definition) is 1. The molecule has 0 aliphatic carbocycles. The average Bonchev–Trinajstić information content (AvgIpc) is 2.40. The third-order valence-electron chi connectivity index (χ3n) is 2.65. The zero-order valence-corrected chi connectivity index (χ0v) is 11.1. The van der Waals surface area contributed by atoms with Crippen LogP contribution in [0.25, 0.3) is 0 Å². The van der Waals surface area contributed by atoms with Crippen molar-refractivity contribution < 1.29 is 9.13 Å². The van der Waals surface area contributed by atoms with Crippen molar-refractivity contribution in [2.24, 2.45) is 0 Å². The molecule has 0 aliphatic rings. The number of rotatable bonds is 5. The summed E-state index contributed by atoms with van der Waals surface area (Å²) >= 11 is 0. The van der Waals surface area contributed by atoms with Crippen LogP contribution in [-0.4, -0.2) is 11.5 Å². The lowest BCUT2D eigenvalue weighted by Gasteiger charge is -2.10. The third-order valence-corrected chi connectivity index (χ3v) is 2.65. The highest BCUT2D eigenvalue weighted by Gasteiger charge is 2.04. The van der Waals surface area contributed by atoms with Crippen LogP contribution in [0.2, 0.25) is 0 Å². The molecule has 1 N–H and O–H groups in total. The van der Waals surface area contributed by atoms with Gasteiger partial charge < -0.3 is 10.1 Å². The van der Waals surface area contributed by atoms with Crippen molar-refractivity contribution >= 4 is 5.82 Å². The number of pyridine rings is 1. The van der Waals surface area contributed by atoms with Gasteiger partial charge in [-0.1, -0.05) is 6.92 Å². The van der Waals surface area contributed by atoms with Gasteiger partial charge in [0.25, 0.3) is 0 Å². The first-order chi connectivity index (χ1) is 9.19. The van der Waals surface area contributed by atoms with Crippen LogP contribution >= 0.6 is 0 Å². The van der Waals surface area contributed by atoms with Crippen LogP contribution in [0.1, 0.15) is 18.9 Å². The van der Waals surface area contributed by atoms with Gasteiger partial charge >= 0.3 is 0 Å². The maximum atomic E-state index is 13.0. The minimum atomic E-state index is -0.259. The van der Waals surface area contributed by atoms with E-state index in [1.54, 1.807) is 18.3 Å². The normalized spacial score (nSPS) is 10.3. The molecule has 0 aliphatic heterocycles. The molecule has 0 bridgehead atoms. The molecule has 1 aromatic heterocycles. The van der Waals surface area contributed by atoms with E-state index in [1.165, 1.54) is 12.1 Å². The molecule has 3 nitrogen and oxygen atoms in total. The summed E-state index contributed by atoms with van der Waals surface area (Å²) in [5.41, 5.74) is 0.764. The third kappa shape index (κ3) is 3.68. The Labute approximate surface area is 112 Å². The maximum Gasteiger partial charge on any atom is 0.132 e. The van der Waals surface area contributed by atoms with E-state index in [-0.39, 0.29) is 5.82 Å². The van der Waals surface area contributed by atoms with Gasteiger partial charge in [0.1, 0.15) is 23.1 Å². The van der Waals surface area contributed by atoms with Crippen LogP contribution in [0.15, 0.2) is 36.5 Å².